The van der Waals surface area contributed by atoms with Crippen molar-refractivity contribution in [2.24, 2.45) is 5.92 Å². The molecule has 0 spiro atoms. The molecule has 0 bridgehead atoms. The van der Waals surface area contributed by atoms with E-state index in [1.807, 2.05) is 24.3 Å². The predicted octanol–water partition coefficient (Wildman–Crippen LogP) is 3.86. The lowest BCUT2D eigenvalue weighted by Crippen LogP contribution is -2.12. The number of carbonyl (C=O) groups excluding carboxylic acids is 2. The fourth-order valence-electron chi connectivity index (χ4n) is 2.68. The summed E-state index contributed by atoms with van der Waals surface area (Å²) in [4.78, 5) is 24.1. The lowest BCUT2D eigenvalue weighted by molar-refractivity contribution is -0.116. The minimum absolute atomic E-state index is 0.0535. The predicted molar refractivity (Wildman–Crippen MR) is 93.4 cm³/mol. The van der Waals surface area contributed by atoms with Crippen molar-refractivity contribution in [3.63, 3.8) is 0 Å². The Morgan fingerprint density at radius 2 is 1.79 bits per heavy atom. The third-order valence-corrected chi connectivity index (χ3v) is 4.22. The molecule has 0 aliphatic heterocycles. The molecule has 0 heterocycles. The zero-order chi connectivity index (χ0) is 16.9. The molecule has 4 nitrogen and oxygen atoms in total. The van der Waals surface area contributed by atoms with Crippen LogP contribution in [0.15, 0.2) is 48.5 Å². The number of anilines is 1. The van der Waals surface area contributed by atoms with Crippen LogP contribution in [0.25, 0.3) is 0 Å². The number of hydrogen-bond donors (Lipinski definition) is 1. The molecule has 1 aliphatic carbocycles. The van der Waals surface area contributed by atoms with Crippen molar-refractivity contribution in [3.8, 4) is 5.75 Å². The molecular weight excluding hydrogens is 302 g/mol. The SMILES string of the molecule is COc1ccccc1CCC(=O)Nc1ccc(C(=O)C2CC2)cc1. The highest BCUT2D eigenvalue weighted by Crippen LogP contribution is 2.32. The number of amides is 1. The smallest absolute Gasteiger partial charge is 0.224 e. The Balaban J connectivity index is 1.53. The van der Waals surface area contributed by atoms with Crippen LogP contribution in [0.1, 0.15) is 35.2 Å². The average molecular weight is 323 g/mol. The first-order chi connectivity index (χ1) is 11.7. The van der Waals surface area contributed by atoms with Crippen LogP contribution in [0, 0.1) is 5.92 Å². The van der Waals surface area contributed by atoms with Gasteiger partial charge in [-0.05, 0) is 55.2 Å². The number of hydrogen-bond acceptors (Lipinski definition) is 3. The second-order valence-corrected chi connectivity index (χ2v) is 6.08. The molecule has 1 saturated carbocycles. The second-order valence-electron chi connectivity index (χ2n) is 6.08. The molecule has 0 aromatic heterocycles. The average Bonchev–Trinajstić information content (AvgIpc) is 3.45. The van der Waals surface area contributed by atoms with Gasteiger partial charge in [0.15, 0.2) is 5.78 Å². The van der Waals surface area contributed by atoms with Crippen LogP contribution in [-0.2, 0) is 11.2 Å². The third-order valence-electron chi connectivity index (χ3n) is 4.22. The number of ketones is 1. The first kappa shape index (κ1) is 16.2. The summed E-state index contributed by atoms with van der Waals surface area (Å²) in [5.74, 6) is 1.17. The molecule has 1 amide bonds. The first-order valence-electron chi connectivity index (χ1n) is 8.23. The molecular formula is C20H21NO3. The highest BCUT2D eigenvalue weighted by Gasteiger charge is 2.30. The van der Waals surface area contributed by atoms with E-state index in [0.717, 1.165) is 29.7 Å². The molecule has 1 fully saturated rings. The third kappa shape index (κ3) is 4.02. The highest BCUT2D eigenvalue weighted by atomic mass is 16.5. The van der Waals surface area contributed by atoms with E-state index in [9.17, 15) is 9.59 Å². The van der Waals surface area contributed by atoms with Crippen molar-refractivity contribution in [1.29, 1.82) is 0 Å². The Bertz CT molecular complexity index is 733. The molecule has 0 radical (unpaired) electrons. The summed E-state index contributed by atoms with van der Waals surface area (Å²) < 4.78 is 5.29. The zero-order valence-electron chi connectivity index (χ0n) is 13.7. The van der Waals surface area contributed by atoms with E-state index >= 15 is 0 Å². The minimum Gasteiger partial charge on any atom is -0.496 e. The van der Waals surface area contributed by atoms with Crippen molar-refractivity contribution < 1.29 is 14.3 Å². The maximum absolute atomic E-state index is 12.1. The topological polar surface area (TPSA) is 55.4 Å². The lowest BCUT2D eigenvalue weighted by Gasteiger charge is -2.09. The normalized spacial score (nSPS) is 13.4. The van der Waals surface area contributed by atoms with Crippen LogP contribution < -0.4 is 10.1 Å². The number of methoxy groups -OCH3 is 1. The van der Waals surface area contributed by atoms with Crippen LogP contribution in [0.4, 0.5) is 5.69 Å². The largest absolute Gasteiger partial charge is 0.496 e. The molecule has 0 saturated heterocycles. The quantitative estimate of drug-likeness (QED) is 0.787. The Hall–Kier alpha value is -2.62. The summed E-state index contributed by atoms with van der Waals surface area (Å²) >= 11 is 0. The molecule has 2 aromatic rings. The van der Waals surface area contributed by atoms with Gasteiger partial charge in [-0.3, -0.25) is 9.59 Å². The van der Waals surface area contributed by atoms with Gasteiger partial charge < -0.3 is 10.1 Å². The number of aryl methyl sites for hydroxylation is 1. The van der Waals surface area contributed by atoms with E-state index < -0.39 is 0 Å². The maximum atomic E-state index is 12.1. The first-order valence-corrected chi connectivity index (χ1v) is 8.23. The van der Waals surface area contributed by atoms with Gasteiger partial charge in [0.2, 0.25) is 5.91 Å². The molecule has 3 rings (SSSR count). The summed E-state index contributed by atoms with van der Waals surface area (Å²) in [5, 5.41) is 2.87. The van der Waals surface area contributed by atoms with Gasteiger partial charge in [-0.1, -0.05) is 18.2 Å². The molecule has 124 valence electrons. The van der Waals surface area contributed by atoms with E-state index in [2.05, 4.69) is 5.32 Å². The number of para-hydroxylation sites is 1. The number of Topliss-reactive ketones (excluding diaryl/α,β-unsaturated/α-hetero) is 1. The number of nitrogens with one attached hydrogen (secondary N) is 1. The fraction of sp³-hybridized carbons (Fsp3) is 0.300. The van der Waals surface area contributed by atoms with Gasteiger partial charge in [-0.15, -0.1) is 0 Å². The summed E-state index contributed by atoms with van der Waals surface area (Å²) in [5.41, 5.74) is 2.46. The van der Waals surface area contributed by atoms with E-state index in [0.29, 0.717) is 18.5 Å². The van der Waals surface area contributed by atoms with Crippen LogP contribution in [-0.4, -0.2) is 18.8 Å². The van der Waals surface area contributed by atoms with Crippen LogP contribution in [0.2, 0.25) is 0 Å². The van der Waals surface area contributed by atoms with Gasteiger partial charge in [0.25, 0.3) is 0 Å². The molecule has 2 aromatic carbocycles. The van der Waals surface area contributed by atoms with Gasteiger partial charge in [-0.2, -0.15) is 0 Å². The van der Waals surface area contributed by atoms with E-state index in [1.165, 1.54) is 0 Å². The van der Waals surface area contributed by atoms with Crippen LogP contribution >= 0.6 is 0 Å². The monoisotopic (exact) mass is 323 g/mol. The number of carbonyl (C=O) groups is 2. The van der Waals surface area contributed by atoms with Crippen molar-refractivity contribution in [2.45, 2.75) is 25.7 Å². The zero-order valence-corrected chi connectivity index (χ0v) is 13.7. The summed E-state index contributed by atoms with van der Waals surface area (Å²) in [6.07, 6.45) is 3.00. The molecule has 1 aliphatic rings. The summed E-state index contributed by atoms with van der Waals surface area (Å²) in [7, 11) is 1.63. The molecule has 4 heteroatoms. The van der Waals surface area contributed by atoms with E-state index in [1.54, 1.807) is 31.4 Å². The van der Waals surface area contributed by atoms with Crippen LogP contribution in [0.3, 0.4) is 0 Å². The Morgan fingerprint density at radius 1 is 1.08 bits per heavy atom. The van der Waals surface area contributed by atoms with Crippen molar-refractivity contribution in [1.82, 2.24) is 0 Å². The summed E-state index contributed by atoms with van der Waals surface area (Å²) in [6, 6.07) is 14.9. The lowest BCUT2D eigenvalue weighted by atomic mass is 10.1. The number of rotatable bonds is 7. The summed E-state index contributed by atoms with van der Waals surface area (Å²) in [6.45, 7) is 0. The van der Waals surface area contributed by atoms with E-state index in [4.69, 9.17) is 4.74 Å². The van der Waals surface area contributed by atoms with Gasteiger partial charge in [0.05, 0.1) is 7.11 Å². The maximum Gasteiger partial charge on any atom is 0.224 e. The van der Waals surface area contributed by atoms with Gasteiger partial charge in [-0.25, -0.2) is 0 Å². The van der Waals surface area contributed by atoms with Crippen molar-refractivity contribution in [3.05, 3.63) is 59.7 Å². The van der Waals surface area contributed by atoms with Crippen LogP contribution in [0.5, 0.6) is 5.75 Å². The van der Waals surface area contributed by atoms with Gasteiger partial charge >= 0.3 is 0 Å². The van der Waals surface area contributed by atoms with Crippen molar-refractivity contribution in [2.75, 3.05) is 12.4 Å². The van der Waals surface area contributed by atoms with Gasteiger partial charge in [0.1, 0.15) is 5.75 Å². The van der Waals surface area contributed by atoms with Gasteiger partial charge in [0, 0.05) is 23.6 Å². The fourth-order valence-corrected chi connectivity index (χ4v) is 2.68. The minimum atomic E-state index is -0.0535. The Kier molecular flexibility index (Phi) is 4.94. The number of benzene rings is 2. The standard InChI is InChI=1S/C20H21NO3/c1-24-18-5-3-2-4-14(18)10-13-19(22)21-17-11-8-16(9-12-17)20(23)15-6-7-15/h2-5,8-9,11-12,15H,6-7,10,13H2,1H3,(H,21,22). The Labute approximate surface area is 141 Å². The molecule has 0 unspecified atom stereocenters. The van der Waals surface area contributed by atoms with Crippen molar-refractivity contribution >= 4 is 17.4 Å². The second kappa shape index (κ2) is 7.30. The molecule has 0 atom stereocenters. The number of ether oxygens (including phenoxy) is 1. The van der Waals surface area contributed by atoms with E-state index in [-0.39, 0.29) is 17.6 Å². The highest BCUT2D eigenvalue weighted by molar-refractivity contribution is 6.00. The Morgan fingerprint density at radius 3 is 2.46 bits per heavy atom. The molecule has 1 N–H and O–H groups in total. The molecule has 24 heavy (non-hydrogen) atoms.